The molecule has 0 unspecified atom stereocenters. The summed E-state index contributed by atoms with van der Waals surface area (Å²) < 4.78 is 9.96. The van der Waals surface area contributed by atoms with Crippen LogP contribution in [0.1, 0.15) is 9.75 Å². The van der Waals surface area contributed by atoms with Gasteiger partial charge in [-0.3, -0.25) is 4.79 Å². The molecule has 0 spiro atoms. The summed E-state index contributed by atoms with van der Waals surface area (Å²) in [5.74, 6) is -0.861. The zero-order valence-corrected chi connectivity index (χ0v) is 14.2. The van der Waals surface area contributed by atoms with Crippen LogP contribution in [-0.2, 0) is 19.1 Å². The second-order valence-corrected chi connectivity index (χ2v) is 6.40. The zero-order valence-electron chi connectivity index (χ0n) is 12.6. The second-order valence-electron chi connectivity index (χ2n) is 4.47. The first-order valence-corrected chi connectivity index (χ1v) is 8.68. The van der Waals surface area contributed by atoms with Gasteiger partial charge in [-0.15, -0.1) is 22.7 Å². The third-order valence-electron chi connectivity index (χ3n) is 2.80. The average Bonchev–Trinajstić information content (AvgIpc) is 3.23. The Hall–Kier alpha value is -1.96. The van der Waals surface area contributed by atoms with Gasteiger partial charge in [0.15, 0.2) is 6.61 Å². The van der Waals surface area contributed by atoms with Crippen molar-refractivity contribution in [2.24, 2.45) is 0 Å². The summed E-state index contributed by atoms with van der Waals surface area (Å²) >= 11 is 2.98. The maximum absolute atomic E-state index is 12.3. The van der Waals surface area contributed by atoms with E-state index in [1.165, 1.54) is 22.7 Å². The number of thiophene rings is 2. The Balaban J connectivity index is 1.99. The van der Waals surface area contributed by atoms with Gasteiger partial charge >= 0.3 is 5.97 Å². The lowest BCUT2D eigenvalue weighted by Gasteiger charge is -2.08. The van der Waals surface area contributed by atoms with Crippen LogP contribution in [0, 0.1) is 0 Å². The largest absolute Gasteiger partial charge is 0.452 e. The molecule has 7 heteroatoms. The van der Waals surface area contributed by atoms with E-state index in [4.69, 9.17) is 9.47 Å². The van der Waals surface area contributed by atoms with Crippen molar-refractivity contribution in [2.45, 2.75) is 0 Å². The lowest BCUT2D eigenvalue weighted by molar-refractivity contribution is -0.142. The quantitative estimate of drug-likeness (QED) is 0.451. The number of ether oxygens (including phenoxy) is 2. The standard InChI is InChI=1S/C16H17NO4S2/c1-20-7-6-17-15(18)11-21-16(19)13(14-5-3-9-23-14)10-12-4-2-8-22-12/h2-5,8-10H,6-7,11H2,1H3,(H,17,18). The molecular weight excluding hydrogens is 334 g/mol. The van der Waals surface area contributed by atoms with Crippen LogP contribution in [0.5, 0.6) is 0 Å². The molecule has 0 aliphatic heterocycles. The lowest BCUT2D eigenvalue weighted by atomic mass is 10.2. The normalized spacial score (nSPS) is 11.3. The van der Waals surface area contributed by atoms with E-state index in [0.717, 1.165) is 9.75 Å². The number of hydrogen-bond donors (Lipinski definition) is 1. The molecule has 0 radical (unpaired) electrons. The molecule has 0 fully saturated rings. The first-order valence-electron chi connectivity index (χ1n) is 6.92. The molecule has 122 valence electrons. The summed E-state index contributed by atoms with van der Waals surface area (Å²) in [6.45, 7) is 0.490. The number of nitrogens with one attached hydrogen (secondary N) is 1. The highest BCUT2D eigenvalue weighted by atomic mass is 32.1. The summed E-state index contributed by atoms with van der Waals surface area (Å²) in [7, 11) is 1.55. The molecule has 0 bridgehead atoms. The third kappa shape index (κ3) is 5.63. The summed E-state index contributed by atoms with van der Waals surface area (Å²) in [4.78, 5) is 25.7. The summed E-state index contributed by atoms with van der Waals surface area (Å²) in [5.41, 5.74) is 0.451. The average molecular weight is 351 g/mol. The van der Waals surface area contributed by atoms with E-state index in [1.807, 2.05) is 35.0 Å². The van der Waals surface area contributed by atoms with E-state index in [0.29, 0.717) is 18.7 Å². The van der Waals surface area contributed by atoms with Crippen LogP contribution in [0.25, 0.3) is 11.6 Å². The number of rotatable bonds is 8. The molecule has 1 amide bonds. The third-order valence-corrected chi connectivity index (χ3v) is 4.52. The van der Waals surface area contributed by atoms with Gasteiger partial charge in [-0.2, -0.15) is 0 Å². The predicted octanol–water partition coefficient (Wildman–Crippen LogP) is 2.66. The first-order chi connectivity index (χ1) is 11.2. The number of hydrogen-bond acceptors (Lipinski definition) is 6. The van der Waals surface area contributed by atoms with Crippen molar-refractivity contribution in [3.8, 4) is 0 Å². The van der Waals surface area contributed by atoms with E-state index >= 15 is 0 Å². The first kappa shape index (κ1) is 17.4. The Morgan fingerprint density at radius 1 is 1.22 bits per heavy atom. The molecule has 1 N–H and O–H groups in total. The van der Waals surface area contributed by atoms with E-state index in [1.54, 1.807) is 13.2 Å². The Bertz CT molecular complexity index is 648. The van der Waals surface area contributed by atoms with Crippen LogP contribution in [0.4, 0.5) is 0 Å². The van der Waals surface area contributed by atoms with Crippen LogP contribution in [0.2, 0.25) is 0 Å². The Morgan fingerprint density at radius 2 is 2.00 bits per heavy atom. The van der Waals surface area contributed by atoms with Gasteiger partial charge in [0.2, 0.25) is 0 Å². The monoisotopic (exact) mass is 351 g/mol. The van der Waals surface area contributed by atoms with Gasteiger partial charge in [-0.05, 0) is 29.0 Å². The van der Waals surface area contributed by atoms with Gasteiger partial charge in [-0.1, -0.05) is 12.1 Å². The Kier molecular flexibility index (Phi) is 6.99. The molecule has 0 aliphatic carbocycles. The van der Waals surface area contributed by atoms with Crippen molar-refractivity contribution in [1.29, 1.82) is 0 Å². The minimum Gasteiger partial charge on any atom is -0.452 e. The fourth-order valence-corrected chi connectivity index (χ4v) is 3.12. The fraction of sp³-hybridized carbons (Fsp3) is 0.250. The molecule has 23 heavy (non-hydrogen) atoms. The second kappa shape index (κ2) is 9.24. The highest BCUT2D eigenvalue weighted by Crippen LogP contribution is 2.25. The Morgan fingerprint density at radius 3 is 2.65 bits per heavy atom. The molecule has 2 heterocycles. The zero-order chi connectivity index (χ0) is 16.5. The SMILES string of the molecule is COCCNC(=O)COC(=O)C(=Cc1cccs1)c1cccs1. The van der Waals surface area contributed by atoms with Crippen LogP contribution >= 0.6 is 22.7 Å². The molecule has 0 saturated heterocycles. The minimum absolute atomic E-state index is 0.310. The van der Waals surface area contributed by atoms with E-state index in [9.17, 15) is 9.59 Å². The number of methoxy groups -OCH3 is 1. The molecular formula is C16H17NO4S2. The molecule has 0 aromatic carbocycles. The highest BCUT2D eigenvalue weighted by molar-refractivity contribution is 7.12. The van der Waals surface area contributed by atoms with Crippen molar-refractivity contribution < 1.29 is 19.1 Å². The van der Waals surface area contributed by atoms with Crippen molar-refractivity contribution in [3.63, 3.8) is 0 Å². The number of esters is 1. The maximum Gasteiger partial charge on any atom is 0.340 e. The van der Waals surface area contributed by atoms with E-state index < -0.39 is 5.97 Å². The molecule has 0 saturated carbocycles. The summed E-state index contributed by atoms with van der Waals surface area (Å²) in [5, 5.41) is 6.43. The molecule has 5 nitrogen and oxygen atoms in total. The fourth-order valence-electron chi connectivity index (χ4n) is 1.73. The van der Waals surface area contributed by atoms with Gasteiger partial charge in [0.1, 0.15) is 0 Å². The number of carbonyl (C=O) groups excluding carboxylic acids is 2. The van der Waals surface area contributed by atoms with Gasteiger partial charge in [0.05, 0.1) is 12.2 Å². The molecule has 0 atom stereocenters. The van der Waals surface area contributed by atoms with Gasteiger partial charge in [-0.25, -0.2) is 4.79 Å². The molecule has 2 aromatic heterocycles. The summed E-state index contributed by atoms with van der Waals surface area (Å²) in [6, 6.07) is 7.55. The smallest absolute Gasteiger partial charge is 0.340 e. The van der Waals surface area contributed by atoms with Crippen LogP contribution < -0.4 is 5.32 Å². The van der Waals surface area contributed by atoms with E-state index in [2.05, 4.69) is 5.32 Å². The topological polar surface area (TPSA) is 64.6 Å². The molecule has 2 aromatic rings. The van der Waals surface area contributed by atoms with Gasteiger partial charge in [0, 0.05) is 23.4 Å². The van der Waals surface area contributed by atoms with Crippen molar-refractivity contribution in [3.05, 3.63) is 44.8 Å². The lowest BCUT2D eigenvalue weighted by Crippen LogP contribution is -2.31. The molecule has 0 aliphatic rings. The summed E-state index contributed by atoms with van der Waals surface area (Å²) in [6.07, 6.45) is 1.78. The predicted molar refractivity (Wildman–Crippen MR) is 92.4 cm³/mol. The minimum atomic E-state index is -0.511. The van der Waals surface area contributed by atoms with Crippen LogP contribution in [-0.4, -0.2) is 38.7 Å². The van der Waals surface area contributed by atoms with E-state index in [-0.39, 0.29) is 12.5 Å². The number of amides is 1. The Labute approximate surface area is 142 Å². The van der Waals surface area contributed by atoms with Crippen molar-refractivity contribution in [2.75, 3.05) is 26.9 Å². The van der Waals surface area contributed by atoms with Crippen molar-refractivity contribution in [1.82, 2.24) is 5.32 Å². The maximum atomic E-state index is 12.3. The molecule has 2 rings (SSSR count). The van der Waals surface area contributed by atoms with Gasteiger partial charge < -0.3 is 14.8 Å². The van der Waals surface area contributed by atoms with Crippen molar-refractivity contribution >= 4 is 46.2 Å². The van der Waals surface area contributed by atoms with Gasteiger partial charge in [0.25, 0.3) is 5.91 Å². The number of carbonyl (C=O) groups is 2. The van der Waals surface area contributed by atoms with Crippen LogP contribution in [0.15, 0.2) is 35.0 Å². The van der Waals surface area contributed by atoms with Crippen LogP contribution in [0.3, 0.4) is 0 Å². The highest BCUT2D eigenvalue weighted by Gasteiger charge is 2.16.